The Labute approximate surface area is 277 Å². The molecule has 0 aliphatic heterocycles. The van der Waals surface area contributed by atoms with Crippen LogP contribution in [0, 0.1) is 5.82 Å². The van der Waals surface area contributed by atoms with Crippen LogP contribution < -0.4 is 0 Å². The SMILES string of the molecule is CC(C)c1cc(-c2ccccc2)cc(C(C)C)c1-n1c(-c2cccc3c2oc2cc4c(oc5ccccc54)c(F)c23)nc2ccccc21. The van der Waals surface area contributed by atoms with Gasteiger partial charge in [-0.2, -0.15) is 0 Å². The van der Waals surface area contributed by atoms with Gasteiger partial charge in [0.05, 0.1) is 27.7 Å². The number of halogens is 1. The summed E-state index contributed by atoms with van der Waals surface area (Å²) >= 11 is 0. The summed E-state index contributed by atoms with van der Waals surface area (Å²) in [5.74, 6) is 0.809. The van der Waals surface area contributed by atoms with Crippen molar-refractivity contribution < 1.29 is 13.2 Å². The molecule has 3 heterocycles. The van der Waals surface area contributed by atoms with Crippen LogP contribution in [0.5, 0.6) is 0 Å². The van der Waals surface area contributed by atoms with Gasteiger partial charge in [-0.15, -0.1) is 0 Å². The van der Waals surface area contributed by atoms with Gasteiger partial charge in [0.15, 0.2) is 11.4 Å². The van der Waals surface area contributed by atoms with Crippen LogP contribution in [0.4, 0.5) is 4.39 Å². The number of hydrogen-bond donors (Lipinski definition) is 0. The Hall–Kier alpha value is -5.68. The van der Waals surface area contributed by atoms with Crippen molar-refractivity contribution in [2.24, 2.45) is 0 Å². The van der Waals surface area contributed by atoms with Crippen LogP contribution in [-0.2, 0) is 0 Å². The molecule has 9 rings (SSSR count). The zero-order valence-electron chi connectivity index (χ0n) is 27.2. The van der Waals surface area contributed by atoms with E-state index >= 15 is 4.39 Å². The van der Waals surface area contributed by atoms with Crippen LogP contribution in [0.2, 0.25) is 0 Å². The molecule has 0 amide bonds. The molecule has 3 aromatic heterocycles. The quantitative estimate of drug-likeness (QED) is 0.190. The summed E-state index contributed by atoms with van der Waals surface area (Å²) in [4.78, 5) is 5.26. The molecule has 0 radical (unpaired) electrons. The lowest BCUT2D eigenvalue weighted by atomic mass is 9.88. The molecule has 0 spiro atoms. The van der Waals surface area contributed by atoms with Crippen molar-refractivity contribution in [2.75, 3.05) is 0 Å². The van der Waals surface area contributed by atoms with Crippen LogP contribution in [0.15, 0.2) is 124 Å². The number of rotatable bonds is 5. The highest BCUT2D eigenvalue weighted by atomic mass is 19.1. The maximum Gasteiger partial charge on any atom is 0.178 e. The molecule has 0 unspecified atom stereocenters. The minimum atomic E-state index is -0.413. The minimum Gasteiger partial charge on any atom is -0.455 e. The van der Waals surface area contributed by atoms with Gasteiger partial charge >= 0.3 is 0 Å². The van der Waals surface area contributed by atoms with E-state index in [4.69, 9.17) is 13.8 Å². The average Bonchev–Trinajstić information content (AvgIpc) is 3.80. The van der Waals surface area contributed by atoms with E-state index in [1.165, 1.54) is 22.3 Å². The second-order valence-electron chi connectivity index (χ2n) is 13.3. The summed E-state index contributed by atoms with van der Waals surface area (Å²) < 4.78 is 31.3. The van der Waals surface area contributed by atoms with E-state index in [9.17, 15) is 0 Å². The first-order valence-corrected chi connectivity index (χ1v) is 16.6. The summed E-state index contributed by atoms with van der Waals surface area (Å²) in [5.41, 5.74) is 10.7. The third-order valence-electron chi connectivity index (χ3n) is 9.62. The Morgan fingerprint density at radius 2 is 1.27 bits per heavy atom. The van der Waals surface area contributed by atoms with Gasteiger partial charge < -0.3 is 8.83 Å². The molecular weight excluding hydrogens is 595 g/mol. The molecule has 0 saturated carbocycles. The van der Waals surface area contributed by atoms with Crippen molar-refractivity contribution in [1.82, 2.24) is 9.55 Å². The molecular formula is C43H33FN2O2. The number of fused-ring (bicyclic) bond motifs is 7. The van der Waals surface area contributed by atoms with Gasteiger partial charge in [-0.1, -0.05) is 100 Å². The van der Waals surface area contributed by atoms with Crippen LogP contribution in [0.1, 0.15) is 50.7 Å². The first kappa shape index (κ1) is 28.5. The van der Waals surface area contributed by atoms with Crippen molar-refractivity contribution in [2.45, 2.75) is 39.5 Å². The second kappa shape index (κ2) is 10.7. The molecule has 48 heavy (non-hydrogen) atoms. The maximum atomic E-state index is 16.4. The highest BCUT2D eigenvalue weighted by molar-refractivity contribution is 6.17. The lowest BCUT2D eigenvalue weighted by Crippen LogP contribution is -2.09. The van der Waals surface area contributed by atoms with Crippen molar-refractivity contribution in [3.8, 4) is 28.2 Å². The smallest absolute Gasteiger partial charge is 0.178 e. The molecule has 0 bridgehead atoms. The molecule has 0 aliphatic rings. The Bertz CT molecular complexity index is 2660. The number of benzene rings is 6. The van der Waals surface area contributed by atoms with Gasteiger partial charge in [0, 0.05) is 16.2 Å². The van der Waals surface area contributed by atoms with Gasteiger partial charge in [-0.3, -0.25) is 4.57 Å². The number of hydrogen-bond acceptors (Lipinski definition) is 3. The van der Waals surface area contributed by atoms with E-state index in [0.29, 0.717) is 32.9 Å². The third-order valence-corrected chi connectivity index (χ3v) is 9.62. The van der Waals surface area contributed by atoms with Crippen LogP contribution >= 0.6 is 0 Å². The second-order valence-corrected chi connectivity index (χ2v) is 13.3. The van der Waals surface area contributed by atoms with E-state index in [0.717, 1.165) is 33.5 Å². The number of furan rings is 2. The highest BCUT2D eigenvalue weighted by Crippen LogP contribution is 2.44. The molecule has 0 atom stereocenters. The molecule has 5 heteroatoms. The average molecular weight is 629 g/mol. The number of imidazole rings is 1. The molecule has 4 nitrogen and oxygen atoms in total. The topological polar surface area (TPSA) is 44.1 Å². The Morgan fingerprint density at radius 1 is 0.604 bits per heavy atom. The first-order chi connectivity index (χ1) is 23.4. The summed E-state index contributed by atoms with van der Waals surface area (Å²) in [6, 6.07) is 38.9. The molecule has 9 aromatic rings. The molecule has 0 saturated heterocycles. The summed E-state index contributed by atoms with van der Waals surface area (Å²) in [6.07, 6.45) is 0. The van der Waals surface area contributed by atoms with Crippen LogP contribution in [-0.4, -0.2) is 9.55 Å². The molecule has 234 valence electrons. The van der Waals surface area contributed by atoms with E-state index in [2.05, 4.69) is 92.9 Å². The fraction of sp³-hybridized carbons (Fsp3) is 0.140. The fourth-order valence-electron chi connectivity index (χ4n) is 7.31. The van der Waals surface area contributed by atoms with Gasteiger partial charge in [0.1, 0.15) is 22.6 Å². The number of nitrogens with zero attached hydrogens (tertiary/aromatic N) is 2. The van der Waals surface area contributed by atoms with Gasteiger partial charge in [0.25, 0.3) is 0 Å². The van der Waals surface area contributed by atoms with E-state index < -0.39 is 5.82 Å². The Kier molecular flexibility index (Phi) is 6.35. The van der Waals surface area contributed by atoms with Crippen LogP contribution in [0.3, 0.4) is 0 Å². The molecule has 6 aromatic carbocycles. The zero-order chi connectivity index (χ0) is 32.7. The van der Waals surface area contributed by atoms with Crippen molar-refractivity contribution in [3.63, 3.8) is 0 Å². The third kappa shape index (κ3) is 4.17. The predicted molar refractivity (Wildman–Crippen MR) is 195 cm³/mol. The lowest BCUT2D eigenvalue weighted by molar-refractivity contribution is 0.590. The normalized spacial score (nSPS) is 12.2. The van der Waals surface area contributed by atoms with Crippen LogP contribution in [0.25, 0.3) is 83.1 Å². The zero-order valence-corrected chi connectivity index (χ0v) is 27.2. The highest BCUT2D eigenvalue weighted by Gasteiger charge is 2.27. The monoisotopic (exact) mass is 628 g/mol. The molecule has 0 fully saturated rings. The summed E-state index contributed by atoms with van der Waals surface area (Å²) in [7, 11) is 0. The number of para-hydroxylation sites is 4. The van der Waals surface area contributed by atoms with E-state index in [1.54, 1.807) is 0 Å². The Balaban J connectivity index is 1.36. The van der Waals surface area contributed by atoms with E-state index in [-0.39, 0.29) is 17.4 Å². The first-order valence-electron chi connectivity index (χ1n) is 16.6. The van der Waals surface area contributed by atoms with Crippen molar-refractivity contribution in [3.05, 3.63) is 132 Å². The Morgan fingerprint density at radius 3 is 2.04 bits per heavy atom. The van der Waals surface area contributed by atoms with Crippen molar-refractivity contribution >= 4 is 54.9 Å². The minimum absolute atomic E-state index is 0.233. The predicted octanol–water partition coefficient (Wildman–Crippen LogP) is 12.5. The lowest BCUT2D eigenvalue weighted by Gasteiger charge is -2.24. The summed E-state index contributed by atoms with van der Waals surface area (Å²) in [5, 5.41) is 2.66. The van der Waals surface area contributed by atoms with Gasteiger partial charge in [-0.05, 0) is 76.6 Å². The van der Waals surface area contributed by atoms with Crippen molar-refractivity contribution in [1.29, 1.82) is 0 Å². The molecule has 0 N–H and O–H groups in total. The van der Waals surface area contributed by atoms with Gasteiger partial charge in [-0.25, -0.2) is 9.37 Å². The molecule has 0 aliphatic carbocycles. The standard InChI is InChI=1S/C43H33FN2O2/c1-24(2)31-21-27(26-13-6-5-7-14-26)22-32(25(3)4)40(31)46-35-19-10-9-18-34(35)45-43(46)30-17-12-16-29-38-37(48-41(29)30)23-33-28-15-8-11-20-36(28)47-42(33)39(38)44/h5-25H,1-4H3. The fourth-order valence-corrected chi connectivity index (χ4v) is 7.31. The maximum absolute atomic E-state index is 16.4. The van der Waals surface area contributed by atoms with Gasteiger partial charge in [0.2, 0.25) is 0 Å². The summed E-state index contributed by atoms with van der Waals surface area (Å²) in [6.45, 7) is 8.99. The largest absolute Gasteiger partial charge is 0.455 e. The van der Waals surface area contributed by atoms with E-state index in [1.807, 2.05) is 54.6 Å². The number of aromatic nitrogens is 2.